The molecule has 0 bridgehead atoms. The van der Waals surface area contributed by atoms with Gasteiger partial charge in [-0.3, -0.25) is 9.69 Å². The lowest BCUT2D eigenvalue weighted by Gasteiger charge is -2.35. The number of nitrogens with one attached hydrogen (secondary N) is 1. The van der Waals surface area contributed by atoms with Gasteiger partial charge in [0.15, 0.2) is 0 Å². The summed E-state index contributed by atoms with van der Waals surface area (Å²) in [5.74, 6) is 2.28. The van der Waals surface area contributed by atoms with E-state index in [1.54, 1.807) is 7.11 Å². The minimum atomic E-state index is 0.0464. The van der Waals surface area contributed by atoms with Crippen molar-refractivity contribution in [3.8, 4) is 5.75 Å². The number of hydrogen-bond donors (Lipinski definition) is 1. The number of carbonyl (C=O) groups excluding carboxylic acids is 1. The molecule has 1 N–H and O–H groups in total. The molecule has 2 aromatic carbocycles. The van der Waals surface area contributed by atoms with Gasteiger partial charge in [-0.15, -0.1) is 0 Å². The first-order valence-electron chi connectivity index (χ1n) is 11.8. The molecule has 1 amide bonds. The van der Waals surface area contributed by atoms with Crippen molar-refractivity contribution in [2.75, 3.05) is 33.3 Å². The molecular formula is C27H31N3O3. The van der Waals surface area contributed by atoms with E-state index in [0.29, 0.717) is 18.2 Å². The third-order valence-electron chi connectivity index (χ3n) is 6.68. The van der Waals surface area contributed by atoms with Crippen LogP contribution >= 0.6 is 0 Å². The third kappa shape index (κ3) is 4.48. The van der Waals surface area contributed by atoms with Crippen LogP contribution in [-0.2, 0) is 6.54 Å². The van der Waals surface area contributed by atoms with Crippen molar-refractivity contribution in [3.63, 3.8) is 0 Å². The summed E-state index contributed by atoms with van der Waals surface area (Å²) >= 11 is 0. The van der Waals surface area contributed by atoms with Crippen molar-refractivity contribution in [1.82, 2.24) is 14.8 Å². The van der Waals surface area contributed by atoms with Gasteiger partial charge in [-0.2, -0.15) is 0 Å². The summed E-state index contributed by atoms with van der Waals surface area (Å²) in [5.41, 5.74) is 2.48. The van der Waals surface area contributed by atoms with E-state index in [2.05, 4.69) is 28.9 Å². The van der Waals surface area contributed by atoms with Crippen LogP contribution < -0.4 is 4.74 Å². The Labute approximate surface area is 194 Å². The van der Waals surface area contributed by atoms with Crippen LogP contribution in [-0.4, -0.2) is 54.0 Å². The molecule has 5 rings (SSSR count). The maximum Gasteiger partial charge on any atom is 0.270 e. The van der Waals surface area contributed by atoms with E-state index in [4.69, 9.17) is 9.15 Å². The molecule has 6 nitrogen and oxygen atoms in total. The predicted octanol–water partition coefficient (Wildman–Crippen LogP) is 5.30. The van der Waals surface area contributed by atoms with Gasteiger partial charge in [0.05, 0.1) is 13.7 Å². The molecule has 1 aliphatic heterocycles. The maximum atomic E-state index is 13.3. The number of aromatic nitrogens is 1. The first kappa shape index (κ1) is 21.6. The molecule has 1 aliphatic rings. The Morgan fingerprint density at radius 3 is 2.91 bits per heavy atom. The summed E-state index contributed by atoms with van der Waals surface area (Å²) in [6.07, 6.45) is 2.28. The van der Waals surface area contributed by atoms with Crippen molar-refractivity contribution >= 4 is 27.8 Å². The number of fused-ring (bicyclic) bond motifs is 2. The Kier molecular flexibility index (Phi) is 6.09. The second-order valence-electron chi connectivity index (χ2n) is 8.94. The number of carbonyl (C=O) groups is 1. The van der Waals surface area contributed by atoms with Gasteiger partial charge in [-0.25, -0.2) is 0 Å². The van der Waals surface area contributed by atoms with E-state index >= 15 is 0 Å². The first-order valence-corrected chi connectivity index (χ1v) is 11.8. The van der Waals surface area contributed by atoms with Crippen molar-refractivity contribution < 1.29 is 13.9 Å². The number of nitrogens with zero attached hydrogens (tertiary/aromatic N) is 2. The Bertz CT molecular complexity index is 1220. The van der Waals surface area contributed by atoms with Gasteiger partial charge in [0.2, 0.25) is 0 Å². The molecule has 1 saturated heterocycles. The minimum absolute atomic E-state index is 0.0464. The fourth-order valence-electron chi connectivity index (χ4n) is 5.04. The number of furan rings is 1. The second kappa shape index (κ2) is 9.32. The number of rotatable bonds is 7. The van der Waals surface area contributed by atoms with Crippen LogP contribution in [0.15, 0.2) is 59.0 Å². The number of H-pyrrole nitrogens is 1. The zero-order valence-corrected chi connectivity index (χ0v) is 19.3. The average Bonchev–Trinajstić information content (AvgIpc) is 3.46. The number of para-hydroxylation sites is 1. The first-order chi connectivity index (χ1) is 16.1. The summed E-state index contributed by atoms with van der Waals surface area (Å²) in [7, 11) is 1.65. The number of likely N-dealkylation sites (tertiary alicyclic amines) is 1. The standard InChI is InChI=1S/C27H31N3O3/c1-3-30(27(31)24-15-22-23(28-24)10-6-12-26(22)32-2)17-19-8-7-13-29(16-19)18-21-14-20-9-4-5-11-25(20)33-21/h4-6,9-12,14-15,19,28H,3,7-8,13,16-18H2,1-2H3. The van der Waals surface area contributed by atoms with E-state index < -0.39 is 0 Å². The molecule has 1 atom stereocenters. The number of hydrogen-bond acceptors (Lipinski definition) is 4. The van der Waals surface area contributed by atoms with Crippen LogP contribution in [0.2, 0.25) is 0 Å². The predicted molar refractivity (Wildman–Crippen MR) is 131 cm³/mol. The molecule has 0 saturated carbocycles. The van der Waals surface area contributed by atoms with Gasteiger partial charge >= 0.3 is 0 Å². The van der Waals surface area contributed by atoms with Crippen LogP contribution in [0.1, 0.15) is 36.0 Å². The Morgan fingerprint density at radius 1 is 1.21 bits per heavy atom. The number of aromatic amines is 1. The van der Waals surface area contributed by atoms with Crippen molar-refractivity contribution in [3.05, 3.63) is 66.1 Å². The van der Waals surface area contributed by atoms with E-state index in [-0.39, 0.29) is 5.91 Å². The van der Waals surface area contributed by atoms with Crippen LogP contribution in [0.4, 0.5) is 0 Å². The van der Waals surface area contributed by atoms with E-state index in [1.165, 1.54) is 0 Å². The molecule has 3 heterocycles. The zero-order valence-electron chi connectivity index (χ0n) is 19.3. The molecule has 33 heavy (non-hydrogen) atoms. The smallest absolute Gasteiger partial charge is 0.270 e. The fourth-order valence-corrected chi connectivity index (χ4v) is 5.04. The summed E-state index contributed by atoms with van der Waals surface area (Å²) in [5, 5.41) is 2.09. The van der Waals surface area contributed by atoms with Crippen molar-refractivity contribution in [2.24, 2.45) is 5.92 Å². The number of piperidine rings is 1. The quantitative estimate of drug-likeness (QED) is 0.419. The summed E-state index contributed by atoms with van der Waals surface area (Å²) in [6.45, 7) is 6.35. The van der Waals surface area contributed by atoms with Crippen LogP contribution in [0.5, 0.6) is 5.75 Å². The van der Waals surface area contributed by atoms with E-state index in [0.717, 1.165) is 72.4 Å². The number of ether oxygens (including phenoxy) is 1. The van der Waals surface area contributed by atoms with Gasteiger partial charge in [0, 0.05) is 35.9 Å². The Hall–Kier alpha value is -3.25. The Balaban J connectivity index is 1.25. The molecule has 0 radical (unpaired) electrons. The molecule has 2 aromatic heterocycles. The summed E-state index contributed by atoms with van der Waals surface area (Å²) in [4.78, 5) is 21.0. The average molecular weight is 446 g/mol. The van der Waals surface area contributed by atoms with Crippen molar-refractivity contribution in [2.45, 2.75) is 26.3 Å². The molecule has 172 valence electrons. The van der Waals surface area contributed by atoms with E-state index in [1.807, 2.05) is 47.4 Å². The lowest BCUT2D eigenvalue weighted by atomic mass is 9.97. The number of methoxy groups -OCH3 is 1. The molecular weight excluding hydrogens is 414 g/mol. The number of amides is 1. The lowest BCUT2D eigenvalue weighted by Crippen LogP contribution is -2.42. The molecule has 6 heteroatoms. The number of benzene rings is 2. The topological polar surface area (TPSA) is 61.7 Å². The molecule has 4 aromatic rings. The third-order valence-corrected chi connectivity index (χ3v) is 6.68. The van der Waals surface area contributed by atoms with Gasteiger partial charge in [-0.05, 0) is 62.6 Å². The van der Waals surface area contributed by atoms with Gasteiger partial charge < -0.3 is 19.0 Å². The van der Waals surface area contributed by atoms with Crippen LogP contribution in [0, 0.1) is 5.92 Å². The Morgan fingerprint density at radius 2 is 2.09 bits per heavy atom. The summed E-state index contributed by atoms with van der Waals surface area (Å²) < 4.78 is 11.5. The van der Waals surface area contributed by atoms with Crippen LogP contribution in [0.3, 0.4) is 0 Å². The highest BCUT2D eigenvalue weighted by Crippen LogP contribution is 2.27. The largest absolute Gasteiger partial charge is 0.496 e. The van der Waals surface area contributed by atoms with Gasteiger partial charge in [0.25, 0.3) is 5.91 Å². The lowest BCUT2D eigenvalue weighted by molar-refractivity contribution is 0.0676. The zero-order chi connectivity index (χ0) is 22.8. The summed E-state index contributed by atoms with van der Waals surface area (Å²) in [6, 6.07) is 18.0. The molecule has 0 spiro atoms. The molecule has 0 aliphatic carbocycles. The highest BCUT2D eigenvalue weighted by molar-refractivity contribution is 5.99. The molecule has 1 unspecified atom stereocenters. The van der Waals surface area contributed by atoms with E-state index in [9.17, 15) is 4.79 Å². The van der Waals surface area contributed by atoms with Gasteiger partial charge in [0.1, 0.15) is 22.8 Å². The maximum absolute atomic E-state index is 13.3. The normalized spacial score (nSPS) is 17.0. The second-order valence-corrected chi connectivity index (χ2v) is 8.94. The highest BCUT2D eigenvalue weighted by atomic mass is 16.5. The molecule has 1 fully saturated rings. The van der Waals surface area contributed by atoms with Gasteiger partial charge in [-0.1, -0.05) is 24.3 Å². The monoisotopic (exact) mass is 445 g/mol. The fraction of sp³-hybridized carbons (Fsp3) is 0.370. The SMILES string of the molecule is CCN(CC1CCCN(Cc2cc3ccccc3o2)C1)C(=O)c1cc2c(OC)cccc2[nH]1. The van der Waals surface area contributed by atoms with Crippen molar-refractivity contribution in [1.29, 1.82) is 0 Å². The minimum Gasteiger partial charge on any atom is -0.496 e. The highest BCUT2D eigenvalue weighted by Gasteiger charge is 2.26. The van der Waals surface area contributed by atoms with Crippen LogP contribution in [0.25, 0.3) is 21.9 Å².